The maximum atomic E-state index is 14.1. The number of hydrogen-bond donors (Lipinski definition) is 1. The van der Waals surface area contributed by atoms with Crippen LogP contribution < -0.4 is 15.6 Å². The van der Waals surface area contributed by atoms with Crippen LogP contribution in [0.2, 0.25) is 0 Å². The van der Waals surface area contributed by atoms with E-state index >= 15 is 0 Å². The molecule has 5 heterocycles. The van der Waals surface area contributed by atoms with Crippen LogP contribution in [0.15, 0.2) is 53.3 Å². The summed E-state index contributed by atoms with van der Waals surface area (Å²) in [5.74, 6) is 0.448. The van der Waals surface area contributed by atoms with Gasteiger partial charge in [-0.15, -0.1) is 0 Å². The highest BCUT2D eigenvalue weighted by molar-refractivity contribution is 8.76. The number of likely N-dealkylation sites (N-methyl/N-ethyl adjacent to an activating group) is 1. The fourth-order valence-corrected chi connectivity index (χ4v) is 9.65. The number of nitrogens with one attached hydrogen (secondary N) is 1. The number of esters is 1. The summed E-state index contributed by atoms with van der Waals surface area (Å²) >= 11 is 0. The Morgan fingerprint density at radius 2 is 1.68 bits per heavy atom. The molecule has 1 atom stereocenters. The van der Waals surface area contributed by atoms with Crippen molar-refractivity contribution in [3.8, 4) is 17.1 Å². The number of rotatable bonds is 14. The summed E-state index contributed by atoms with van der Waals surface area (Å²) in [5.41, 5.74) is 2.67. The van der Waals surface area contributed by atoms with Crippen LogP contribution in [0.4, 0.5) is 9.59 Å². The smallest absolute Gasteiger partial charge is 0.457 e. The third-order valence-electron chi connectivity index (χ3n) is 11.1. The molecular formula is C45H53N5O10S2. The zero-order valence-electron chi connectivity index (χ0n) is 36.0. The van der Waals surface area contributed by atoms with Crippen LogP contribution in [-0.4, -0.2) is 107 Å². The quantitative estimate of drug-likeness (QED) is 0.0412. The Morgan fingerprint density at radius 3 is 2.39 bits per heavy atom. The van der Waals surface area contributed by atoms with E-state index in [1.54, 1.807) is 56.5 Å². The first-order valence-corrected chi connectivity index (χ1v) is 23.4. The van der Waals surface area contributed by atoms with Gasteiger partial charge in [0.25, 0.3) is 11.5 Å². The Morgan fingerprint density at radius 1 is 0.935 bits per heavy atom. The second kappa shape index (κ2) is 19.1. The van der Waals surface area contributed by atoms with Gasteiger partial charge in [0.05, 0.1) is 29.0 Å². The van der Waals surface area contributed by atoms with Crippen molar-refractivity contribution in [2.45, 2.75) is 78.4 Å². The lowest BCUT2D eigenvalue weighted by Crippen LogP contribution is -2.47. The number of benzene rings is 2. The highest BCUT2D eigenvalue weighted by Gasteiger charge is 2.51. The summed E-state index contributed by atoms with van der Waals surface area (Å²) in [6.07, 6.45) is -1.30. The SMILES string of the molecule is CCc1c2c(nc3ccc(OC(=O)OC(C)(C)C)cc13)-c1cc3c(c(=O)n1C2)COC(=O)[C@@]3(CC)OC(=O)OCCSSCCNC(=O)c1ccc(CN2CCN(C)CC2)cc1. The van der Waals surface area contributed by atoms with E-state index in [2.05, 4.69) is 22.2 Å². The van der Waals surface area contributed by atoms with Gasteiger partial charge < -0.3 is 38.5 Å². The summed E-state index contributed by atoms with van der Waals surface area (Å²) in [7, 11) is 5.14. The van der Waals surface area contributed by atoms with E-state index in [0.29, 0.717) is 52.7 Å². The third kappa shape index (κ3) is 9.90. The molecule has 2 aromatic carbocycles. The number of fused-ring (bicyclic) bond motifs is 5. The predicted molar refractivity (Wildman–Crippen MR) is 237 cm³/mol. The van der Waals surface area contributed by atoms with Gasteiger partial charge in [0.2, 0.25) is 5.60 Å². The van der Waals surface area contributed by atoms with Gasteiger partial charge in [0.1, 0.15) is 24.6 Å². The minimum absolute atomic E-state index is 0.00652. The molecule has 15 nitrogen and oxygen atoms in total. The zero-order chi connectivity index (χ0) is 44.2. The summed E-state index contributed by atoms with van der Waals surface area (Å²) in [4.78, 5) is 75.6. The standard InChI is InChI=1S/C45H53N5O10S2/c1-7-31-32-23-30(58-43(55)59-44(3,4)5)13-14-36(32)47-38-33(31)26-50-37(38)24-35-34(40(50)52)27-57-41(53)45(35,8-2)60-42(54)56-20-22-62-61-21-15-46-39(51)29-11-9-28(10-12-29)25-49-18-16-48(6)17-19-49/h9-14,23-24H,7-8,15-22,25-27H2,1-6H3,(H,46,51)/t45-/m0/s1. The molecule has 0 aliphatic carbocycles. The molecule has 1 amide bonds. The number of pyridine rings is 2. The molecule has 4 aromatic rings. The van der Waals surface area contributed by atoms with Crippen molar-refractivity contribution < 1.29 is 42.9 Å². The first-order valence-electron chi connectivity index (χ1n) is 20.9. The van der Waals surface area contributed by atoms with E-state index in [0.717, 1.165) is 49.2 Å². The lowest BCUT2D eigenvalue weighted by atomic mass is 9.85. The number of aryl methyl sites for hydroxylation is 1. The Labute approximate surface area is 368 Å². The number of nitrogens with zero attached hydrogens (tertiary/aromatic N) is 4. The number of aromatic nitrogens is 2. The zero-order valence-corrected chi connectivity index (χ0v) is 37.6. The van der Waals surface area contributed by atoms with E-state index in [4.69, 9.17) is 28.7 Å². The summed E-state index contributed by atoms with van der Waals surface area (Å²) in [6.45, 7) is 14.4. The molecule has 3 aliphatic rings. The van der Waals surface area contributed by atoms with Crippen LogP contribution in [0.3, 0.4) is 0 Å². The van der Waals surface area contributed by atoms with Gasteiger partial charge in [0.15, 0.2) is 0 Å². The normalized spacial score (nSPS) is 17.4. The number of hydrogen-bond acceptors (Lipinski definition) is 15. The molecule has 1 fully saturated rings. The molecule has 0 radical (unpaired) electrons. The average Bonchev–Trinajstić information content (AvgIpc) is 3.60. The molecule has 17 heteroatoms. The molecule has 330 valence electrons. The maximum Gasteiger partial charge on any atom is 0.514 e. The van der Waals surface area contributed by atoms with E-state index in [9.17, 15) is 24.0 Å². The van der Waals surface area contributed by atoms with E-state index in [-0.39, 0.29) is 48.8 Å². The van der Waals surface area contributed by atoms with Gasteiger partial charge in [-0.25, -0.2) is 19.4 Å². The molecule has 0 saturated carbocycles. The van der Waals surface area contributed by atoms with Gasteiger partial charge in [-0.2, -0.15) is 0 Å². The minimum Gasteiger partial charge on any atom is -0.457 e. The van der Waals surface area contributed by atoms with Crippen LogP contribution >= 0.6 is 21.6 Å². The molecule has 3 aliphatic heterocycles. The Bertz CT molecular complexity index is 2410. The van der Waals surface area contributed by atoms with Gasteiger partial charge in [-0.3, -0.25) is 14.5 Å². The number of carbonyl (C=O) groups excluding carboxylic acids is 4. The second-order valence-corrected chi connectivity index (χ2v) is 19.2. The number of amides is 1. The van der Waals surface area contributed by atoms with Crippen LogP contribution in [0, 0.1) is 0 Å². The molecule has 2 aromatic heterocycles. The van der Waals surface area contributed by atoms with Crippen LogP contribution in [0.1, 0.15) is 79.2 Å². The number of ether oxygens (including phenoxy) is 5. The molecule has 0 bridgehead atoms. The van der Waals surface area contributed by atoms with E-state index in [1.165, 1.54) is 27.2 Å². The van der Waals surface area contributed by atoms with E-state index < -0.39 is 29.5 Å². The molecular weight excluding hydrogens is 835 g/mol. The van der Waals surface area contributed by atoms with Crippen LogP contribution in [-0.2, 0) is 55.5 Å². The highest BCUT2D eigenvalue weighted by atomic mass is 33.1. The first kappa shape index (κ1) is 44.9. The lowest BCUT2D eigenvalue weighted by molar-refractivity contribution is -0.175. The topological polar surface area (TPSA) is 168 Å². The van der Waals surface area contributed by atoms with Crippen molar-refractivity contribution in [3.05, 3.63) is 92.3 Å². The fourth-order valence-electron chi connectivity index (χ4n) is 7.92. The van der Waals surface area contributed by atoms with Crippen molar-refractivity contribution in [1.29, 1.82) is 0 Å². The lowest BCUT2D eigenvalue weighted by Gasteiger charge is -2.35. The maximum absolute atomic E-state index is 14.1. The minimum atomic E-state index is -1.91. The van der Waals surface area contributed by atoms with Gasteiger partial charge in [-0.1, -0.05) is 47.6 Å². The van der Waals surface area contributed by atoms with Gasteiger partial charge in [0, 0.05) is 72.9 Å². The van der Waals surface area contributed by atoms with E-state index in [1.807, 2.05) is 31.2 Å². The summed E-state index contributed by atoms with van der Waals surface area (Å²) in [6, 6.07) is 14.6. The Hall–Kier alpha value is -5.10. The molecule has 0 unspecified atom stereocenters. The largest absolute Gasteiger partial charge is 0.514 e. The predicted octanol–water partition coefficient (Wildman–Crippen LogP) is 6.68. The second-order valence-electron chi connectivity index (χ2n) is 16.5. The van der Waals surface area contributed by atoms with Crippen molar-refractivity contribution in [2.75, 3.05) is 57.9 Å². The van der Waals surface area contributed by atoms with Crippen molar-refractivity contribution in [2.24, 2.45) is 0 Å². The summed E-state index contributed by atoms with van der Waals surface area (Å²) in [5, 5.41) is 3.72. The van der Waals surface area contributed by atoms with Gasteiger partial charge in [-0.05, 0) is 88.2 Å². The molecule has 1 N–H and O–H groups in total. The number of cyclic esters (lactones) is 1. The monoisotopic (exact) mass is 887 g/mol. The molecule has 1 saturated heterocycles. The molecule has 0 spiro atoms. The number of piperazine rings is 1. The first-order chi connectivity index (χ1) is 29.7. The number of carbonyl (C=O) groups is 4. The van der Waals surface area contributed by atoms with Gasteiger partial charge >= 0.3 is 18.3 Å². The summed E-state index contributed by atoms with van der Waals surface area (Å²) < 4.78 is 29.1. The third-order valence-corrected chi connectivity index (χ3v) is 13.5. The van der Waals surface area contributed by atoms with Crippen LogP contribution in [0.5, 0.6) is 5.75 Å². The van der Waals surface area contributed by atoms with Crippen LogP contribution in [0.25, 0.3) is 22.3 Å². The average molecular weight is 888 g/mol. The Kier molecular flexibility index (Phi) is 13.9. The molecule has 7 rings (SSSR count). The highest BCUT2D eigenvalue weighted by Crippen LogP contribution is 2.42. The van der Waals surface area contributed by atoms with Crippen molar-refractivity contribution in [3.63, 3.8) is 0 Å². The molecule has 62 heavy (non-hydrogen) atoms. The Balaban J connectivity index is 0.940. The fraction of sp³-hybridized carbons (Fsp3) is 0.467. The van der Waals surface area contributed by atoms with Crippen molar-refractivity contribution >= 4 is 56.7 Å². The van der Waals surface area contributed by atoms with Crippen molar-refractivity contribution in [1.82, 2.24) is 24.7 Å².